The second-order valence-corrected chi connectivity index (χ2v) is 4.21. The number of aliphatic hydroxyl groups excluding tert-OH is 1. The quantitative estimate of drug-likeness (QED) is 0.850. The monoisotopic (exact) mass is 261 g/mol. The summed E-state index contributed by atoms with van der Waals surface area (Å²) >= 11 is 3.27. The molecule has 2 unspecified atom stereocenters. The molecule has 1 aliphatic rings. The Hall–Kier alpha value is -0.460. The van der Waals surface area contributed by atoms with E-state index in [2.05, 4.69) is 26.2 Å². The summed E-state index contributed by atoms with van der Waals surface area (Å²) < 4.78 is 7.43. The molecule has 0 aromatic carbocycles. The summed E-state index contributed by atoms with van der Waals surface area (Å²) in [4.78, 5) is 0. The molecule has 1 aliphatic heterocycles. The summed E-state index contributed by atoms with van der Waals surface area (Å²) in [6, 6.07) is 0. The lowest BCUT2D eigenvalue weighted by molar-refractivity contribution is 0.0849. The average Bonchev–Trinajstić information content (AvgIpc) is 2.75. The zero-order valence-electron chi connectivity index (χ0n) is 7.85. The molecule has 1 aromatic rings. The summed E-state index contributed by atoms with van der Waals surface area (Å²) in [7, 11) is 1.77. The standard InChI is InChI=1S/C8H12BrN3O2/c1-12-6(8(9)10-11-12)7(13)5-2-3-14-4-5/h5,7,13H,2-4H2,1H3. The highest BCUT2D eigenvalue weighted by molar-refractivity contribution is 9.10. The molecule has 78 valence electrons. The van der Waals surface area contributed by atoms with Crippen LogP contribution in [-0.2, 0) is 11.8 Å². The summed E-state index contributed by atoms with van der Waals surface area (Å²) in [5, 5.41) is 17.7. The van der Waals surface area contributed by atoms with Crippen LogP contribution in [0, 0.1) is 5.92 Å². The minimum absolute atomic E-state index is 0.156. The van der Waals surface area contributed by atoms with Gasteiger partial charge in [-0.25, -0.2) is 4.68 Å². The third kappa shape index (κ3) is 1.69. The van der Waals surface area contributed by atoms with E-state index in [0.717, 1.165) is 18.7 Å². The van der Waals surface area contributed by atoms with E-state index < -0.39 is 6.10 Å². The lowest BCUT2D eigenvalue weighted by Gasteiger charge is -2.16. The number of halogens is 1. The largest absolute Gasteiger partial charge is 0.386 e. The van der Waals surface area contributed by atoms with Gasteiger partial charge in [-0.15, -0.1) is 5.10 Å². The van der Waals surface area contributed by atoms with Crippen molar-refractivity contribution in [3.8, 4) is 0 Å². The van der Waals surface area contributed by atoms with Crippen molar-refractivity contribution in [2.75, 3.05) is 13.2 Å². The van der Waals surface area contributed by atoms with Gasteiger partial charge in [0, 0.05) is 19.6 Å². The summed E-state index contributed by atoms with van der Waals surface area (Å²) in [5.74, 6) is 0.156. The molecule has 0 radical (unpaired) electrons. The molecule has 0 saturated carbocycles. The van der Waals surface area contributed by atoms with E-state index >= 15 is 0 Å². The van der Waals surface area contributed by atoms with Crippen molar-refractivity contribution in [2.24, 2.45) is 13.0 Å². The van der Waals surface area contributed by atoms with Crippen LogP contribution in [0.5, 0.6) is 0 Å². The van der Waals surface area contributed by atoms with Crippen molar-refractivity contribution in [1.82, 2.24) is 15.0 Å². The van der Waals surface area contributed by atoms with Crippen LogP contribution in [0.3, 0.4) is 0 Å². The fourth-order valence-electron chi connectivity index (χ4n) is 1.68. The van der Waals surface area contributed by atoms with Crippen molar-refractivity contribution in [3.05, 3.63) is 10.3 Å². The van der Waals surface area contributed by atoms with Crippen LogP contribution in [-0.4, -0.2) is 33.3 Å². The molecule has 1 saturated heterocycles. The molecule has 0 bridgehead atoms. The van der Waals surface area contributed by atoms with E-state index in [1.807, 2.05) is 0 Å². The molecular formula is C8H12BrN3O2. The number of aliphatic hydroxyl groups is 1. The van der Waals surface area contributed by atoms with E-state index in [-0.39, 0.29) is 5.92 Å². The van der Waals surface area contributed by atoms with Crippen molar-refractivity contribution >= 4 is 15.9 Å². The first-order valence-electron chi connectivity index (χ1n) is 4.51. The Morgan fingerprint density at radius 2 is 2.50 bits per heavy atom. The van der Waals surface area contributed by atoms with Gasteiger partial charge in [0.25, 0.3) is 0 Å². The maximum Gasteiger partial charge on any atom is 0.154 e. The van der Waals surface area contributed by atoms with E-state index in [9.17, 15) is 5.11 Å². The maximum absolute atomic E-state index is 10.1. The van der Waals surface area contributed by atoms with Crippen LogP contribution >= 0.6 is 15.9 Å². The zero-order valence-corrected chi connectivity index (χ0v) is 9.44. The van der Waals surface area contributed by atoms with Gasteiger partial charge < -0.3 is 9.84 Å². The first-order chi connectivity index (χ1) is 6.70. The average molecular weight is 262 g/mol. The van der Waals surface area contributed by atoms with Gasteiger partial charge in [0.1, 0.15) is 11.8 Å². The Balaban J connectivity index is 2.21. The molecule has 2 rings (SSSR count). The fourth-order valence-corrected chi connectivity index (χ4v) is 2.24. The van der Waals surface area contributed by atoms with Gasteiger partial charge in [-0.05, 0) is 22.4 Å². The molecule has 1 aromatic heterocycles. The molecule has 2 atom stereocenters. The molecule has 14 heavy (non-hydrogen) atoms. The first kappa shape index (κ1) is 10.1. The van der Waals surface area contributed by atoms with Crippen LogP contribution in [0.4, 0.5) is 0 Å². The number of hydrogen-bond donors (Lipinski definition) is 1. The van der Waals surface area contributed by atoms with Crippen LogP contribution in [0.15, 0.2) is 4.60 Å². The van der Waals surface area contributed by atoms with Gasteiger partial charge in [-0.3, -0.25) is 0 Å². The van der Waals surface area contributed by atoms with E-state index in [1.165, 1.54) is 0 Å². The molecule has 6 heteroatoms. The number of aryl methyl sites for hydroxylation is 1. The highest BCUT2D eigenvalue weighted by Crippen LogP contribution is 2.31. The summed E-state index contributed by atoms with van der Waals surface area (Å²) in [6.45, 7) is 1.34. The van der Waals surface area contributed by atoms with Gasteiger partial charge in [-0.2, -0.15) is 0 Å². The van der Waals surface area contributed by atoms with Crippen LogP contribution < -0.4 is 0 Å². The fraction of sp³-hybridized carbons (Fsp3) is 0.750. The van der Waals surface area contributed by atoms with Gasteiger partial charge >= 0.3 is 0 Å². The Morgan fingerprint density at radius 1 is 1.71 bits per heavy atom. The normalized spacial score (nSPS) is 24.1. The van der Waals surface area contributed by atoms with Crippen LogP contribution in [0.2, 0.25) is 0 Å². The number of ether oxygens (including phenoxy) is 1. The maximum atomic E-state index is 10.1. The predicted molar refractivity (Wildman–Crippen MR) is 52.6 cm³/mol. The third-order valence-corrected chi connectivity index (χ3v) is 3.08. The minimum Gasteiger partial charge on any atom is -0.386 e. The van der Waals surface area contributed by atoms with Gasteiger partial charge in [0.05, 0.1) is 6.61 Å². The lowest BCUT2D eigenvalue weighted by Crippen LogP contribution is -2.16. The van der Waals surface area contributed by atoms with E-state index in [1.54, 1.807) is 11.7 Å². The SMILES string of the molecule is Cn1nnc(Br)c1C(O)C1CCOC1. The van der Waals surface area contributed by atoms with E-state index in [0.29, 0.717) is 11.2 Å². The van der Waals surface area contributed by atoms with Gasteiger partial charge in [0.2, 0.25) is 0 Å². The predicted octanol–water partition coefficient (Wildman–Crippen LogP) is 0.647. The smallest absolute Gasteiger partial charge is 0.154 e. The minimum atomic E-state index is -0.549. The highest BCUT2D eigenvalue weighted by Gasteiger charge is 2.29. The molecule has 2 heterocycles. The topological polar surface area (TPSA) is 60.2 Å². The number of hydrogen-bond acceptors (Lipinski definition) is 4. The van der Waals surface area contributed by atoms with E-state index in [4.69, 9.17) is 4.74 Å². The van der Waals surface area contributed by atoms with Crippen LogP contribution in [0.25, 0.3) is 0 Å². The highest BCUT2D eigenvalue weighted by atomic mass is 79.9. The molecule has 1 N–H and O–H groups in total. The van der Waals surface area contributed by atoms with Crippen LogP contribution in [0.1, 0.15) is 18.2 Å². The van der Waals surface area contributed by atoms with Crippen molar-refractivity contribution in [1.29, 1.82) is 0 Å². The lowest BCUT2D eigenvalue weighted by atomic mass is 10.00. The molecule has 1 fully saturated rings. The Bertz CT molecular complexity index is 303. The molecule has 0 aliphatic carbocycles. The molecular weight excluding hydrogens is 250 g/mol. The third-order valence-electron chi connectivity index (χ3n) is 2.52. The number of aromatic nitrogens is 3. The van der Waals surface area contributed by atoms with Crippen molar-refractivity contribution in [2.45, 2.75) is 12.5 Å². The number of rotatable bonds is 2. The Kier molecular flexibility index (Phi) is 2.85. The molecule has 0 spiro atoms. The molecule has 0 amide bonds. The second kappa shape index (κ2) is 3.96. The first-order valence-corrected chi connectivity index (χ1v) is 5.30. The van der Waals surface area contributed by atoms with Gasteiger partial charge in [-0.1, -0.05) is 5.21 Å². The number of nitrogens with zero attached hydrogens (tertiary/aromatic N) is 3. The second-order valence-electron chi connectivity index (χ2n) is 3.46. The Labute approximate surface area is 90.2 Å². The summed E-state index contributed by atoms with van der Waals surface area (Å²) in [5.41, 5.74) is 0.723. The molecule has 5 nitrogen and oxygen atoms in total. The van der Waals surface area contributed by atoms with Crippen molar-refractivity contribution < 1.29 is 9.84 Å². The summed E-state index contributed by atoms with van der Waals surface area (Å²) in [6.07, 6.45) is 0.338. The zero-order chi connectivity index (χ0) is 10.1. The van der Waals surface area contributed by atoms with Gasteiger partial charge in [0.15, 0.2) is 4.60 Å². The Morgan fingerprint density at radius 3 is 3.00 bits per heavy atom. The van der Waals surface area contributed by atoms with Crippen molar-refractivity contribution in [3.63, 3.8) is 0 Å².